The molecule has 0 aliphatic rings. The molecule has 0 saturated heterocycles. The average molecular weight is 408 g/mol. The highest BCUT2D eigenvalue weighted by atomic mass is 35.5. The van der Waals surface area contributed by atoms with Crippen molar-refractivity contribution < 1.29 is 9.59 Å². The molecule has 148 valence electrons. The highest BCUT2D eigenvalue weighted by molar-refractivity contribution is 6.30. The highest BCUT2D eigenvalue weighted by Crippen LogP contribution is 2.24. The van der Waals surface area contributed by atoms with Crippen LogP contribution < -0.4 is 5.32 Å². The van der Waals surface area contributed by atoms with E-state index >= 15 is 0 Å². The molecule has 5 nitrogen and oxygen atoms in total. The summed E-state index contributed by atoms with van der Waals surface area (Å²) in [6, 6.07) is 19.5. The van der Waals surface area contributed by atoms with Crippen molar-refractivity contribution in [2.24, 2.45) is 0 Å². The number of pyridine rings is 1. The van der Waals surface area contributed by atoms with Gasteiger partial charge in [0, 0.05) is 37.4 Å². The summed E-state index contributed by atoms with van der Waals surface area (Å²) in [4.78, 5) is 31.2. The first-order chi connectivity index (χ1) is 14.0. The Bertz CT molecular complexity index is 947. The number of aromatic nitrogens is 1. The lowest BCUT2D eigenvalue weighted by Gasteiger charge is -2.30. The second-order valence-corrected chi connectivity index (χ2v) is 7.10. The number of nitrogens with one attached hydrogen (secondary N) is 1. The fourth-order valence-corrected chi connectivity index (χ4v) is 3.19. The number of benzene rings is 2. The van der Waals surface area contributed by atoms with Crippen molar-refractivity contribution in [3.63, 3.8) is 0 Å². The third kappa shape index (κ3) is 5.65. The first kappa shape index (κ1) is 20.6. The van der Waals surface area contributed by atoms with E-state index < -0.39 is 6.04 Å². The first-order valence-electron chi connectivity index (χ1n) is 9.28. The summed E-state index contributed by atoms with van der Waals surface area (Å²) in [6.07, 6.45) is 3.36. The van der Waals surface area contributed by atoms with Gasteiger partial charge in [-0.1, -0.05) is 54.1 Å². The predicted molar refractivity (Wildman–Crippen MR) is 113 cm³/mol. The van der Waals surface area contributed by atoms with Gasteiger partial charge in [0.2, 0.25) is 11.8 Å². The summed E-state index contributed by atoms with van der Waals surface area (Å²) in [5, 5.41) is 3.57. The van der Waals surface area contributed by atoms with E-state index in [0.717, 1.165) is 16.7 Å². The highest BCUT2D eigenvalue weighted by Gasteiger charge is 2.29. The van der Waals surface area contributed by atoms with Crippen molar-refractivity contribution >= 4 is 23.4 Å². The van der Waals surface area contributed by atoms with Crippen LogP contribution >= 0.6 is 11.6 Å². The second kappa shape index (κ2) is 9.85. The number of hydrogen-bond donors (Lipinski definition) is 1. The molecule has 0 saturated carbocycles. The van der Waals surface area contributed by atoms with Crippen LogP contribution in [0.2, 0.25) is 5.02 Å². The summed E-state index contributed by atoms with van der Waals surface area (Å²) < 4.78 is 0. The van der Waals surface area contributed by atoms with Crippen molar-refractivity contribution in [1.82, 2.24) is 15.2 Å². The minimum atomic E-state index is -0.744. The Balaban J connectivity index is 1.86. The van der Waals surface area contributed by atoms with Gasteiger partial charge in [-0.2, -0.15) is 0 Å². The molecule has 0 spiro atoms. The second-order valence-electron chi connectivity index (χ2n) is 6.66. The van der Waals surface area contributed by atoms with Crippen LogP contribution in [0.25, 0.3) is 0 Å². The first-order valence-corrected chi connectivity index (χ1v) is 9.65. The zero-order valence-electron chi connectivity index (χ0n) is 16.1. The molecule has 0 aliphatic heterocycles. The van der Waals surface area contributed by atoms with Crippen LogP contribution in [0.3, 0.4) is 0 Å². The fraction of sp³-hybridized carbons (Fsp3) is 0.174. The molecular weight excluding hydrogens is 386 g/mol. The smallest absolute Gasteiger partial charge is 0.247 e. The van der Waals surface area contributed by atoms with E-state index in [-0.39, 0.29) is 11.8 Å². The molecule has 3 aromatic rings. The molecular formula is C23H22ClN3O2. The number of carbonyl (C=O) groups excluding carboxylic acids is 2. The van der Waals surface area contributed by atoms with Gasteiger partial charge in [-0.3, -0.25) is 14.6 Å². The standard InChI is InChI=1S/C23H22ClN3O2/c1-17(28)27(16-19-7-9-21(24)10-8-19)22(20-5-3-2-4-6-20)23(29)26-15-18-11-13-25-14-12-18/h2-14,22H,15-16H2,1H3,(H,26,29)/t22-/m0/s1. The normalized spacial score (nSPS) is 11.5. The van der Waals surface area contributed by atoms with Gasteiger partial charge in [-0.05, 0) is 41.0 Å². The van der Waals surface area contributed by atoms with Gasteiger partial charge in [0.1, 0.15) is 6.04 Å². The Morgan fingerprint density at radius 1 is 0.966 bits per heavy atom. The molecule has 0 radical (unpaired) electrons. The van der Waals surface area contributed by atoms with Crippen molar-refractivity contribution in [1.29, 1.82) is 0 Å². The van der Waals surface area contributed by atoms with Crippen LogP contribution in [0.15, 0.2) is 79.1 Å². The maximum atomic E-state index is 13.2. The lowest BCUT2D eigenvalue weighted by molar-refractivity contribution is -0.140. The topological polar surface area (TPSA) is 62.3 Å². The molecule has 1 aromatic heterocycles. The molecule has 0 fully saturated rings. The zero-order chi connectivity index (χ0) is 20.6. The van der Waals surface area contributed by atoms with Crippen LogP contribution in [0.5, 0.6) is 0 Å². The van der Waals surface area contributed by atoms with Crippen molar-refractivity contribution in [2.75, 3.05) is 0 Å². The molecule has 3 rings (SSSR count). The van der Waals surface area contributed by atoms with E-state index in [1.54, 1.807) is 29.4 Å². The van der Waals surface area contributed by atoms with E-state index in [1.807, 2.05) is 54.6 Å². The Kier molecular flexibility index (Phi) is 6.98. The van der Waals surface area contributed by atoms with E-state index in [9.17, 15) is 9.59 Å². The summed E-state index contributed by atoms with van der Waals surface area (Å²) in [6.45, 7) is 2.13. The van der Waals surface area contributed by atoms with Crippen LogP contribution in [-0.2, 0) is 22.7 Å². The van der Waals surface area contributed by atoms with Crippen molar-refractivity contribution in [3.05, 3.63) is 101 Å². The SMILES string of the molecule is CC(=O)N(Cc1ccc(Cl)cc1)[C@H](C(=O)NCc1ccncc1)c1ccccc1. The summed E-state index contributed by atoms with van der Waals surface area (Å²) >= 11 is 5.97. The molecule has 2 amide bonds. The Morgan fingerprint density at radius 2 is 1.62 bits per heavy atom. The van der Waals surface area contributed by atoms with Gasteiger partial charge in [0.25, 0.3) is 0 Å². The van der Waals surface area contributed by atoms with E-state index in [2.05, 4.69) is 10.3 Å². The maximum absolute atomic E-state index is 13.2. The third-order valence-corrected chi connectivity index (χ3v) is 4.81. The maximum Gasteiger partial charge on any atom is 0.247 e. The lowest BCUT2D eigenvalue weighted by atomic mass is 10.0. The van der Waals surface area contributed by atoms with Gasteiger partial charge in [-0.25, -0.2) is 0 Å². The Morgan fingerprint density at radius 3 is 2.24 bits per heavy atom. The van der Waals surface area contributed by atoms with Crippen molar-refractivity contribution in [3.8, 4) is 0 Å². The summed E-state index contributed by atoms with van der Waals surface area (Å²) in [7, 11) is 0. The monoisotopic (exact) mass is 407 g/mol. The van der Waals surface area contributed by atoms with Gasteiger partial charge < -0.3 is 10.2 Å². The molecule has 0 bridgehead atoms. The van der Waals surface area contributed by atoms with E-state index in [1.165, 1.54) is 6.92 Å². The lowest BCUT2D eigenvalue weighted by Crippen LogP contribution is -2.42. The van der Waals surface area contributed by atoms with E-state index in [0.29, 0.717) is 18.1 Å². The zero-order valence-corrected chi connectivity index (χ0v) is 16.8. The van der Waals surface area contributed by atoms with Crippen LogP contribution in [0.1, 0.15) is 29.7 Å². The Labute approximate surface area is 175 Å². The number of nitrogens with zero attached hydrogens (tertiary/aromatic N) is 2. The number of hydrogen-bond acceptors (Lipinski definition) is 3. The van der Waals surface area contributed by atoms with Crippen molar-refractivity contribution in [2.45, 2.75) is 26.1 Å². The van der Waals surface area contributed by atoms with Gasteiger partial charge in [0.05, 0.1) is 0 Å². The predicted octanol–water partition coefficient (Wildman–Crippen LogP) is 4.14. The molecule has 1 N–H and O–H groups in total. The molecule has 6 heteroatoms. The van der Waals surface area contributed by atoms with Gasteiger partial charge >= 0.3 is 0 Å². The van der Waals surface area contributed by atoms with Gasteiger partial charge in [-0.15, -0.1) is 0 Å². The molecule has 1 atom stereocenters. The minimum Gasteiger partial charge on any atom is -0.350 e. The largest absolute Gasteiger partial charge is 0.350 e. The molecule has 0 unspecified atom stereocenters. The molecule has 2 aromatic carbocycles. The van der Waals surface area contributed by atoms with Crippen LogP contribution in [-0.4, -0.2) is 21.7 Å². The average Bonchev–Trinajstić information content (AvgIpc) is 2.74. The van der Waals surface area contributed by atoms with Crippen LogP contribution in [0.4, 0.5) is 0 Å². The molecule has 29 heavy (non-hydrogen) atoms. The van der Waals surface area contributed by atoms with E-state index in [4.69, 9.17) is 11.6 Å². The quantitative estimate of drug-likeness (QED) is 0.640. The fourth-order valence-electron chi connectivity index (χ4n) is 3.07. The molecule has 1 heterocycles. The number of carbonyl (C=O) groups is 2. The number of amides is 2. The molecule has 0 aliphatic carbocycles. The van der Waals surface area contributed by atoms with Gasteiger partial charge in [0.15, 0.2) is 0 Å². The summed E-state index contributed by atoms with van der Waals surface area (Å²) in [5.41, 5.74) is 2.59. The summed E-state index contributed by atoms with van der Waals surface area (Å²) in [5.74, 6) is -0.426. The Hall–Kier alpha value is -3.18. The number of halogens is 1. The third-order valence-electron chi connectivity index (χ3n) is 4.56. The number of rotatable bonds is 7. The minimum absolute atomic E-state index is 0.187. The van der Waals surface area contributed by atoms with Crippen LogP contribution in [0, 0.1) is 0 Å².